The molecular weight excluding hydrogens is 309 g/mol. The molecule has 0 aliphatic carbocycles. The van der Waals surface area contributed by atoms with E-state index in [1.54, 1.807) is 0 Å². The van der Waals surface area contributed by atoms with E-state index in [1.165, 1.54) is 6.07 Å². The van der Waals surface area contributed by atoms with Gasteiger partial charge in [0.2, 0.25) is 5.54 Å². The zero-order valence-corrected chi connectivity index (χ0v) is 10.2. The fourth-order valence-electron chi connectivity index (χ4n) is 2.10. The van der Waals surface area contributed by atoms with Crippen LogP contribution in [0.5, 0.6) is 0 Å². The molecule has 0 saturated carbocycles. The Morgan fingerprint density at radius 3 is 2.39 bits per heavy atom. The van der Waals surface area contributed by atoms with Crippen LogP contribution in [0.15, 0.2) is 16.6 Å². The second-order valence-corrected chi connectivity index (χ2v) is 4.78. The van der Waals surface area contributed by atoms with Gasteiger partial charge < -0.3 is 10.6 Å². The Balaban J connectivity index is 2.27. The number of rotatable bonds is 0. The molecule has 1 fully saturated rings. The molecule has 8 heteroatoms. The fraction of sp³-hybridized carbons (Fsp3) is 0.100. The summed E-state index contributed by atoms with van der Waals surface area (Å²) in [5, 5.41) is 6.65. The van der Waals surface area contributed by atoms with Crippen LogP contribution in [-0.2, 0) is 15.1 Å². The summed E-state index contributed by atoms with van der Waals surface area (Å²) in [6.07, 6.45) is 0. The number of halogens is 2. The number of imide groups is 1. The average molecular weight is 314 g/mol. The minimum absolute atomic E-state index is 0.103. The number of anilines is 1. The highest BCUT2D eigenvalue weighted by Gasteiger charge is 2.58. The van der Waals surface area contributed by atoms with Gasteiger partial charge in [0.15, 0.2) is 0 Å². The maximum absolute atomic E-state index is 13.4. The molecule has 1 atom stereocenters. The van der Waals surface area contributed by atoms with Crippen LogP contribution in [0.25, 0.3) is 0 Å². The first-order chi connectivity index (χ1) is 8.45. The first-order valence-corrected chi connectivity index (χ1v) is 5.69. The topological polar surface area (TPSA) is 87.3 Å². The molecule has 2 aliphatic rings. The molecule has 18 heavy (non-hydrogen) atoms. The van der Waals surface area contributed by atoms with Crippen LogP contribution in [-0.4, -0.2) is 17.8 Å². The standard InChI is InChI=1S/C10H5BrFN3O3/c11-4-1-3-6(2-5(4)12)13-7(16)10(3)8(17)14-9(18)15-10/h1-2H,(H,13,16)(H2,14,15,17,18). The summed E-state index contributed by atoms with van der Waals surface area (Å²) in [5.41, 5.74) is -1.43. The van der Waals surface area contributed by atoms with Gasteiger partial charge in [-0.1, -0.05) is 0 Å². The molecule has 2 heterocycles. The van der Waals surface area contributed by atoms with Crippen molar-refractivity contribution in [2.45, 2.75) is 5.54 Å². The van der Waals surface area contributed by atoms with Gasteiger partial charge in [-0.05, 0) is 28.1 Å². The zero-order valence-electron chi connectivity index (χ0n) is 8.64. The van der Waals surface area contributed by atoms with E-state index < -0.39 is 29.2 Å². The van der Waals surface area contributed by atoms with Crippen LogP contribution in [0.2, 0.25) is 0 Å². The third-order valence-corrected chi connectivity index (χ3v) is 3.53. The molecule has 1 spiro atoms. The van der Waals surface area contributed by atoms with Crippen molar-refractivity contribution < 1.29 is 18.8 Å². The Hall–Kier alpha value is -1.96. The molecule has 0 aromatic heterocycles. The molecule has 3 rings (SSSR count). The van der Waals surface area contributed by atoms with Crippen molar-refractivity contribution in [2.75, 3.05) is 5.32 Å². The Bertz CT molecular complexity index is 633. The van der Waals surface area contributed by atoms with Crippen LogP contribution in [0.1, 0.15) is 5.56 Å². The largest absolute Gasteiger partial charge is 0.323 e. The van der Waals surface area contributed by atoms with E-state index in [0.29, 0.717) is 0 Å². The van der Waals surface area contributed by atoms with Crippen LogP contribution in [0.4, 0.5) is 14.9 Å². The lowest BCUT2D eigenvalue weighted by atomic mass is 9.91. The smallest absolute Gasteiger partial charge is 0.323 e. The third kappa shape index (κ3) is 1.18. The highest BCUT2D eigenvalue weighted by Crippen LogP contribution is 2.40. The second kappa shape index (κ2) is 3.29. The number of benzene rings is 1. The summed E-state index contributed by atoms with van der Waals surface area (Å²) in [5.74, 6) is -2.06. The van der Waals surface area contributed by atoms with E-state index in [9.17, 15) is 18.8 Å². The van der Waals surface area contributed by atoms with Gasteiger partial charge >= 0.3 is 6.03 Å². The van der Waals surface area contributed by atoms with E-state index in [-0.39, 0.29) is 15.7 Å². The van der Waals surface area contributed by atoms with Gasteiger partial charge in [-0.2, -0.15) is 0 Å². The van der Waals surface area contributed by atoms with Gasteiger partial charge in [0, 0.05) is 5.56 Å². The van der Waals surface area contributed by atoms with Gasteiger partial charge in [-0.25, -0.2) is 9.18 Å². The molecule has 3 N–H and O–H groups in total. The number of carbonyl (C=O) groups is 3. The summed E-state index contributed by atoms with van der Waals surface area (Å²) in [7, 11) is 0. The molecule has 0 radical (unpaired) electrons. The summed E-state index contributed by atoms with van der Waals surface area (Å²) in [6, 6.07) is 1.63. The summed E-state index contributed by atoms with van der Waals surface area (Å²) < 4.78 is 13.5. The Morgan fingerprint density at radius 2 is 1.78 bits per heavy atom. The first kappa shape index (κ1) is 11.1. The Kier molecular flexibility index (Phi) is 2.03. The minimum atomic E-state index is -1.80. The molecule has 1 saturated heterocycles. The summed E-state index contributed by atoms with van der Waals surface area (Å²) in [6.45, 7) is 0. The number of hydrogen-bond donors (Lipinski definition) is 3. The lowest BCUT2D eigenvalue weighted by Gasteiger charge is -2.17. The maximum atomic E-state index is 13.4. The quantitative estimate of drug-likeness (QED) is 0.483. The predicted octanol–water partition coefficient (Wildman–Crippen LogP) is 0.575. The number of fused-ring (bicyclic) bond motifs is 2. The van der Waals surface area contributed by atoms with E-state index >= 15 is 0 Å². The molecule has 0 bridgehead atoms. The van der Waals surface area contributed by atoms with Crippen molar-refractivity contribution in [1.29, 1.82) is 0 Å². The third-order valence-electron chi connectivity index (χ3n) is 2.92. The SMILES string of the molecule is O=C1NC(=O)C2(N1)C(=O)Nc1cc(F)c(Br)cc12. The highest BCUT2D eigenvalue weighted by atomic mass is 79.9. The van der Waals surface area contributed by atoms with E-state index in [1.807, 2.05) is 5.32 Å². The van der Waals surface area contributed by atoms with E-state index in [2.05, 4.69) is 26.6 Å². The summed E-state index contributed by atoms with van der Waals surface area (Å²) in [4.78, 5) is 34.9. The zero-order chi connectivity index (χ0) is 13.1. The van der Waals surface area contributed by atoms with E-state index in [0.717, 1.165) is 6.07 Å². The van der Waals surface area contributed by atoms with Crippen LogP contribution >= 0.6 is 15.9 Å². The minimum Gasteiger partial charge on any atom is -0.323 e. The van der Waals surface area contributed by atoms with Gasteiger partial charge in [-0.15, -0.1) is 0 Å². The number of amides is 4. The lowest BCUT2D eigenvalue weighted by Crippen LogP contribution is -2.49. The molecule has 1 aromatic rings. The number of hydrogen-bond acceptors (Lipinski definition) is 3. The average Bonchev–Trinajstić information content (AvgIpc) is 2.71. The number of carbonyl (C=O) groups excluding carboxylic acids is 3. The molecule has 1 unspecified atom stereocenters. The van der Waals surface area contributed by atoms with E-state index in [4.69, 9.17) is 0 Å². The second-order valence-electron chi connectivity index (χ2n) is 3.92. The molecule has 1 aromatic carbocycles. The van der Waals surface area contributed by atoms with Gasteiger partial charge in [0.1, 0.15) is 5.82 Å². The Morgan fingerprint density at radius 1 is 1.11 bits per heavy atom. The van der Waals surface area contributed by atoms with Crippen molar-refractivity contribution in [3.63, 3.8) is 0 Å². The maximum Gasteiger partial charge on any atom is 0.323 e. The molecule has 92 valence electrons. The lowest BCUT2D eigenvalue weighted by molar-refractivity contribution is -0.132. The highest BCUT2D eigenvalue weighted by molar-refractivity contribution is 9.10. The number of urea groups is 1. The number of nitrogens with one attached hydrogen (secondary N) is 3. The van der Waals surface area contributed by atoms with Gasteiger partial charge in [-0.3, -0.25) is 14.9 Å². The monoisotopic (exact) mass is 313 g/mol. The van der Waals surface area contributed by atoms with Crippen LogP contribution in [0, 0.1) is 5.82 Å². The van der Waals surface area contributed by atoms with Crippen molar-refractivity contribution >= 4 is 39.5 Å². The van der Waals surface area contributed by atoms with Crippen molar-refractivity contribution in [2.24, 2.45) is 0 Å². The summed E-state index contributed by atoms with van der Waals surface area (Å²) >= 11 is 2.98. The molecular formula is C10H5BrFN3O3. The van der Waals surface area contributed by atoms with Crippen molar-refractivity contribution in [1.82, 2.24) is 10.6 Å². The van der Waals surface area contributed by atoms with Crippen molar-refractivity contribution in [3.8, 4) is 0 Å². The normalized spacial score (nSPS) is 24.9. The van der Waals surface area contributed by atoms with Gasteiger partial charge in [0.25, 0.3) is 11.8 Å². The predicted molar refractivity (Wildman–Crippen MR) is 61.1 cm³/mol. The Labute approximate surface area is 108 Å². The molecule has 2 aliphatic heterocycles. The molecule has 6 nitrogen and oxygen atoms in total. The van der Waals surface area contributed by atoms with Gasteiger partial charge in [0.05, 0.1) is 10.2 Å². The fourth-order valence-corrected chi connectivity index (χ4v) is 2.45. The van der Waals surface area contributed by atoms with Crippen LogP contribution < -0.4 is 16.0 Å². The van der Waals surface area contributed by atoms with Crippen molar-refractivity contribution in [3.05, 3.63) is 28.0 Å². The first-order valence-electron chi connectivity index (χ1n) is 4.90. The van der Waals surface area contributed by atoms with Crippen LogP contribution in [0.3, 0.4) is 0 Å². The molecule has 4 amide bonds.